The van der Waals surface area contributed by atoms with Gasteiger partial charge in [-0.1, -0.05) is 34.1 Å². The molecule has 0 saturated carbocycles. The van der Waals surface area contributed by atoms with Crippen molar-refractivity contribution in [2.24, 2.45) is 0 Å². The van der Waals surface area contributed by atoms with Gasteiger partial charge in [0, 0.05) is 23.3 Å². The molecule has 0 aliphatic carbocycles. The van der Waals surface area contributed by atoms with Crippen LogP contribution in [0.4, 0.5) is 0 Å². The van der Waals surface area contributed by atoms with Gasteiger partial charge in [-0.2, -0.15) is 0 Å². The first-order valence-electron chi connectivity index (χ1n) is 5.57. The van der Waals surface area contributed by atoms with E-state index >= 15 is 0 Å². The molecular formula is C14H14BrNO2. The van der Waals surface area contributed by atoms with Gasteiger partial charge in [-0.15, -0.1) is 0 Å². The minimum atomic E-state index is 0.300. The van der Waals surface area contributed by atoms with Crippen molar-refractivity contribution in [3.8, 4) is 11.3 Å². The van der Waals surface area contributed by atoms with E-state index in [1.807, 2.05) is 42.6 Å². The Morgan fingerprint density at radius 3 is 2.50 bits per heavy atom. The van der Waals surface area contributed by atoms with E-state index in [0.29, 0.717) is 13.4 Å². The highest BCUT2D eigenvalue weighted by molar-refractivity contribution is 9.10. The lowest BCUT2D eigenvalue weighted by molar-refractivity contribution is -0.0391. The summed E-state index contributed by atoms with van der Waals surface area (Å²) in [5.74, 6) is 0. The number of methoxy groups -OCH3 is 1. The summed E-state index contributed by atoms with van der Waals surface area (Å²) >= 11 is 3.42. The molecule has 4 heteroatoms. The van der Waals surface area contributed by atoms with Gasteiger partial charge in [0.25, 0.3) is 0 Å². The minimum absolute atomic E-state index is 0.300. The van der Waals surface area contributed by atoms with Crippen molar-refractivity contribution in [3.63, 3.8) is 0 Å². The molecule has 0 radical (unpaired) electrons. The first-order chi connectivity index (χ1) is 8.79. The number of hydrogen-bond donors (Lipinski definition) is 0. The molecular weight excluding hydrogens is 294 g/mol. The Labute approximate surface area is 115 Å². The van der Waals surface area contributed by atoms with Crippen molar-refractivity contribution < 1.29 is 9.47 Å². The molecule has 0 aliphatic heterocycles. The predicted octanol–water partition coefficient (Wildman–Crippen LogP) is 3.63. The SMILES string of the molecule is COCOCc1ccc(-c2ccc(Br)cc2)nc1. The summed E-state index contributed by atoms with van der Waals surface area (Å²) in [5, 5.41) is 0. The maximum absolute atomic E-state index is 5.26. The number of hydrogen-bond acceptors (Lipinski definition) is 3. The minimum Gasteiger partial charge on any atom is -0.359 e. The fourth-order valence-corrected chi connectivity index (χ4v) is 1.81. The third kappa shape index (κ3) is 3.63. The number of ether oxygens (including phenoxy) is 2. The molecule has 0 unspecified atom stereocenters. The molecule has 0 spiro atoms. The number of rotatable bonds is 5. The molecule has 0 fully saturated rings. The van der Waals surface area contributed by atoms with E-state index in [4.69, 9.17) is 9.47 Å². The highest BCUT2D eigenvalue weighted by Gasteiger charge is 2.00. The van der Waals surface area contributed by atoms with Gasteiger partial charge in [0.1, 0.15) is 6.79 Å². The molecule has 1 aromatic heterocycles. The Hall–Kier alpha value is -1.23. The molecule has 0 atom stereocenters. The van der Waals surface area contributed by atoms with Gasteiger partial charge < -0.3 is 9.47 Å². The smallest absolute Gasteiger partial charge is 0.146 e. The Morgan fingerprint density at radius 1 is 1.11 bits per heavy atom. The predicted molar refractivity (Wildman–Crippen MR) is 74.0 cm³/mol. The van der Waals surface area contributed by atoms with Crippen LogP contribution in [-0.2, 0) is 16.1 Å². The summed E-state index contributed by atoms with van der Waals surface area (Å²) in [4.78, 5) is 4.42. The van der Waals surface area contributed by atoms with Crippen LogP contribution in [0.1, 0.15) is 5.56 Å². The third-order valence-corrected chi connectivity index (χ3v) is 2.96. The van der Waals surface area contributed by atoms with Crippen LogP contribution in [0.15, 0.2) is 47.1 Å². The zero-order valence-corrected chi connectivity index (χ0v) is 11.7. The van der Waals surface area contributed by atoms with Crippen LogP contribution in [0.3, 0.4) is 0 Å². The molecule has 2 rings (SSSR count). The van der Waals surface area contributed by atoms with Crippen LogP contribution in [-0.4, -0.2) is 18.9 Å². The summed E-state index contributed by atoms with van der Waals surface area (Å²) in [5.41, 5.74) is 3.09. The van der Waals surface area contributed by atoms with Gasteiger partial charge in [0.2, 0.25) is 0 Å². The Kier molecular flexibility index (Phi) is 4.87. The van der Waals surface area contributed by atoms with Crippen LogP contribution in [0, 0.1) is 0 Å². The Morgan fingerprint density at radius 2 is 1.89 bits per heavy atom. The average molecular weight is 308 g/mol. The molecule has 2 aromatic rings. The highest BCUT2D eigenvalue weighted by atomic mass is 79.9. The van der Waals surface area contributed by atoms with Crippen LogP contribution in [0.5, 0.6) is 0 Å². The van der Waals surface area contributed by atoms with Crippen molar-refractivity contribution in [2.75, 3.05) is 13.9 Å². The lowest BCUT2D eigenvalue weighted by Gasteiger charge is -2.04. The highest BCUT2D eigenvalue weighted by Crippen LogP contribution is 2.20. The second-order valence-corrected chi connectivity index (χ2v) is 4.73. The number of pyridine rings is 1. The van der Waals surface area contributed by atoms with Crippen molar-refractivity contribution in [2.45, 2.75) is 6.61 Å². The first kappa shape index (κ1) is 13.2. The van der Waals surface area contributed by atoms with Crippen molar-refractivity contribution >= 4 is 15.9 Å². The molecule has 0 N–H and O–H groups in total. The van der Waals surface area contributed by atoms with Gasteiger partial charge in [0.15, 0.2) is 0 Å². The number of benzene rings is 1. The monoisotopic (exact) mass is 307 g/mol. The van der Waals surface area contributed by atoms with E-state index in [1.54, 1.807) is 7.11 Å². The van der Waals surface area contributed by atoms with Gasteiger partial charge in [0.05, 0.1) is 12.3 Å². The number of aromatic nitrogens is 1. The number of halogens is 1. The Bertz CT molecular complexity index is 482. The molecule has 0 bridgehead atoms. The van der Waals surface area contributed by atoms with Crippen LogP contribution in [0.25, 0.3) is 11.3 Å². The summed E-state index contributed by atoms with van der Waals surface area (Å²) in [6.45, 7) is 0.815. The topological polar surface area (TPSA) is 31.4 Å². The van der Waals surface area contributed by atoms with Crippen LogP contribution >= 0.6 is 15.9 Å². The molecule has 1 heterocycles. The van der Waals surface area contributed by atoms with Gasteiger partial charge in [-0.25, -0.2) is 0 Å². The molecule has 3 nitrogen and oxygen atoms in total. The Balaban J connectivity index is 2.05. The molecule has 1 aromatic carbocycles. The normalized spacial score (nSPS) is 10.6. The van der Waals surface area contributed by atoms with E-state index in [9.17, 15) is 0 Å². The molecule has 0 amide bonds. The van der Waals surface area contributed by atoms with Gasteiger partial charge >= 0.3 is 0 Å². The zero-order valence-electron chi connectivity index (χ0n) is 10.1. The molecule has 0 saturated heterocycles. The van der Waals surface area contributed by atoms with Gasteiger partial charge in [-0.3, -0.25) is 4.98 Å². The van der Waals surface area contributed by atoms with Crippen LogP contribution < -0.4 is 0 Å². The zero-order chi connectivity index (χ0) is 12.8. The van der Waals surface area contributed by atoms with Crippen molar-refractivity contribution in [1.29, 1.82) is 0 Å². The van der Waals surface area contributed by atoms with Crippen LogP contribution in [0.2, 0.25) is 0 Å². The first-order valence-corrected chi connectivity index (χ1v) is 6.36. The lowest BCUT2D eigenvalue weighted by Crippen LogP contribution is -1.97. The molecule has 18 heavy (non-hydrogen) atoms. The van der Waals surface area contributed by atoms with E-state index in [0.717, 1.165) is 21.3 Å². The summed E-state index contributed by atoms with van der Waals surface area (Å²) in [6, 6.07) is 12.1. The fraction of sp³-hybridized carbons (Fsp3) is 0.214. The number of nitrogens with zero attached hydrogens (tertiary/aromatic N) is 1. The van der Waals surface area contributed by atoms with Gasteiger partial charge in [-0.05, 0) is 23.8 Å². The lowest BCUT2D eigenvalue weighted by atomic mass is 10.1. The summed E-state index contributed by atoms with van der Waals surface area (Å²) < 4.78 is 11.1. The van der Waals surface area contributed by atoms with E-state index in [2.05, 4.69) is 20.9 Å². The quantitative estimate of drug-likeness (QED) is 0.624. The van der Waals surface area contributed by atoms with E-state index in [-0.39, 0.29) is 0 Å². The molecule has 94 valence electrons. The van der Waals surface area contributed by atoms with E-state index < -0.39 is 0 Å². The summed E-state index contributed by atoms with van der Waals surface area (Å²) in [7, 11) is 1.61. The fourth-order valence-electron chi connectivity index (χ4n) is 1.54. The average Bonchev–Trinajstić information content (AvgIpc) is 2.41. The second kappa shape index (κ2) is 6.64. The molecule has 0 aliphatic rings. The standard InChI is InChI=1S/C14H14BrNO2/c1-17-10-18-9-11-2-7-14(16-8-11)12-3-5-13(15)6-4-12/h2-8H,9-10H2,1H3. The maximum atomic E-state index is 5.26. The summed E-state index contributed by atoms with van der Waals surface area (Å²) in [6.07, 6.45) is 1.83. The second-order valence-electron chi connectivity index (χ2n) is 3.81. The third-order valence-electron chi connectivity index (χ3n) is 2.43. The largest absolute Gasteiger partial charge is 0.359 e. The van der Waals surface area contributed by atoms with Crippen molar-refractivity contribution in [3.05, 3.63) is 52.6 Å². The maximum Gasteiger partial charge on any atom is 0.146 e. The van der Waals surface area contributed by atoms with E-state index in [1.165, 1.54) is 0 Å². The van der Waals surface area contributed by atoms with Crippen molar-refractivity contribution in [1.82, 2.24) is 4.98 Å².